The van der Waals surface area contributed by atoms with E-state index in [2.05, 4.69) is 20.0 Å². The van der Waals surface area contributed by atoms with Gasteiger partial charge in [0.2, 0.25) is 21.9 Å². The fourth-order valence-corrected chi connectivity index (χ4v) is 7.19. The van der Waals surface area contributed by atoms with Crippen molar-refractivity contribution in [2.45, 2.75) is 58.5 Å². The molecule has 3 heterocycles. The Morgan fingerprint density at radius 1 is 0.964 bits per heavy atom. The van der Waals surface area contributed by atoms with E-state index in [0.717, 1.165) is 49.4 Å². The number of amides is 1. The standard InChI is InChI=1S/C38H38F4N6O6S/c1-23-10-15-27-28(16-17-30(39)32(27)48(55(5,50)51)25-11-13-26(14-12-25)53-38(40,41)42)33(23)52-34-29(9-6-19-43-34)31-18-20-44-35(46-31)45-24-8-7-21-47(22-24)36(49)54-37(2,3)4/h6,9-20,24H,7-8,21-22H2,1-5H3,(H,44,45,46). The number of pyridine rings is 1. The number of nitrogens with zero attached hydrogens (tertiary/aromatic N) is 5. The normalized spacial score (nSPS) is 15.1. The van der Waals surface area contributed by atoms with Crippen LogP contribution in [0.15, 0.2) is 79.1 Å². The maximum Gasteiger partial charge on any atom is 0.573 e. The van der Waals surface area contributed by atoms with Gasteiger partial charge >= 0.3 is 12.5 Å². The van der Waals surface area contributed by atoms with E-state index in [1.54, 1.807) is 42.3 Å². The van der Waals surface area contributed by atoms with Crippen molar-refractivity contribution in [1.29, 1.82) is 0 Å². The summed E-state index contributed by atoms with van der Waals surface area (Å²) in [6.07, 6.45) is 0.153. The van der Waals surface area contributed by atoms with Crippen LogP contribution in [0.5, 0.6) is 17.4 Å². The Balaban J connectivity index is 1.32. The molecule has 1 aliphatic rings. The number of aryl methyl sites for hydroxylation is 1. The third-order valence-electron chi connectivity index (χ3n) is 8.42. The van der Waals surface area contributed by atoms with Crippen LogP contribution in [-0.2, 0) is 14.8 Å². The molecule has 55 heavy (non-hydrogen) atoms. The molecule has 1 atom stereocenters. The van der Waals surface area contributed by atoms with E-state index in [4.69, 9.17) is 14.5 Å². The number of nitrogens with one attached hydrogen (secondary N) is 1. The number of ether oxygens (including phenoxy) is 3. The van der Waals surface area contributed by atoms with Crippen molar-refractivity contribution in [3.63, 3.8) is 0 Å². The zero-order valence-electron chi connectivity index (χ0n) is 30.5. The van der Waals surface area contributed by atoms with Crippen LogP contribution >= 0.6 is 0 Å². The summed E-state index contributed by atoms with van der Waals surface area (Å²) in [6.45, 7) is 8.19. The lowest BCUT2D eigenvalue weighted by Crippen LogP contribution is -2.47. The quantitative estimate of drug-likeness (QED) is 0.145. The van der Waals surface area contributed by atoms with Gasteiger partial charge in [-0.15, -0.1) is 13.2 Å². The molecule has 1 fully saturated rings. The van der Waals surface area contributed by atoms with Crippen molar-refractivity contribution in [2.24, 2.45) is 0 Å². The molecule has 5 aromatic rings. The van der Waals surface area contributed by atoms with Crippen LogP contribution in [0, 0.1) is 12.7 Å². The number of alkyl halides is 3. The number of likely N-dealkylation sites (tertiary alicyclic amines) is 1. The van der Waals surface area contributed by atoms with E-state index in [1.807, 2.05) is 20.8 Å². The number of carbonyl (C=O) groups is 1. The second kappa shape index (κ2) is 15.2. The van der Waals surface area contributed by atoms with E-state index in [1.165, 1.54) is 18.3 Å². The molecule has 1 N–H and O–H groups in total. The monoisotopic (exact) mass is 782 g/mol. The number of hydrogen-bond donors (Lipinski definition) is 1. The number of anilines is 3. The largest absolute Gasteiger partial charge is 0.573 e. The zero-order valence-corrected chi connectivity index (χ0v) is 31.3. The Hall–Kier alpha value is -5.71. The second-order valence-electron chi connectivity index (χ2n) is 13.9. The highest BCUT2D eigenvalue weighted by molar-refractivity contribution is 7.92. The Labute approximate surface area is 315 Å². The fourth-order valence-electron chi connectivity index (χ4n) is 6.17. The molecule has 1 saturated heterocycles. The number of aromatic nitrogens is 3. The summed E-state index contributed by atoms with van der Waals surface area (Å²) in [7, 11) is -4.26. The first-order chi connectivity index (χ1) is 25.9. The molecule has 1 amide bonds. The summed E-state index contributed by atoms with van der Waals surface area (Å²) in [5.74, 6) is -0.773. The highest BCUT2D eigenvalue weighted by Gasteiger charge is 2.32. The molecule has 0 saturated carbocycles. The highest BCUT2D eigenvalue weighted by Crippen LogP contribution is 2.43. The fraction of sp³-hybridized carbons (Fsp3) is 0.316. The maximum atomic E-state index is 15.8. The smallest absolute Gasteiger partial charge is 0.444 e. The third kappa shape index (κ3) is 9.33. The minimum absolute atomic E-state index is 0.127. The molecule has 0 spiro atoms. The van der Waals surface area contributed by atoms with Crippen molar-refractivity contribution < 1.29 is 45.0 Å². The molecule has 290 valence electrons. The topological polar surface area (TPSA) is 136 Å². The minimum atomic E-state index is -4.96. The number of piperidine rings is 1. The van der Waals surface area contributed by atoms with Crippen LogP contribution in [-0.4, -0.2) is 71.7 Å². The van der Waals surface area contributed by atoms with Gasteiger partial charge in [-0.1, -0.05) is 12.1 Å². The van der Waals surface area contributed by atoms with Gasteiger partial charge in [0.25, 0.3) is 0 Å². The summed E-state index contributed by atoms with van der Waals surface area (Å²) >= 11 is 0. The van der Waals surface area contributed by atoms with Crippen LogP contribution in [0.1, 0.15) is 39.2 Å². The van der Waals surface area contributed by atoms with Crippen molar-refractivity contribution >= 4 is 44.2 Å². The van der Waals surface area contributed by atoms with Crippen molar-refractivity contribution in [3.8, 4) is 28.6 Å². The molecule has 3 aromatic carbocycles. The van der Waals surface area contributed by atoms with E-state index in [0.29, 0.717) is 45.6 Å². The van der Waals surface area contributed by atoms with Gasteiger partial charge < -0.3 is 24.4 Å². The lowest BCUT2D eigenvalue weighted by molar-refractivity contribution is -0.274. The lowest BCUT2D eigenvalue weighted by Gasteiger charge is -2.34. The molecule has 17 heteroatoms. The maximum absolute atomic E-state index is 15.8. The van der Waals surface area contributed by atoms with Crippen LogP contribution in [0.3, 0.4) is 0 Å². The molecule has 1 aliphatic heterocycles. The van der Waals surface area contributed by atoms with Gasteiger partial charge in [0.05, 0.1) is 23.2 Å². The van der Waals surface area contributed by atoms with Gasteiger partial charge in [0, 0.05) is 42.3 Å². The van der Waals surface area contributed by atoms with Crippen LogP contribution in [0.25, 0.3) is 22.0 Å². The predicted octanol–water partition coefficient (Wildman–Crippen LogP) is 8.74. The number of carbonyl (C=O) groups excluding carboxylic acids is 1. The van der Waals surface area contributed by atoms with Crippen LogP contribution < -0.4 is 19.1 Å². The van der Waals surface area contributed by atoms with E-state index >= 15 is 4.39 Å². The zero-order chi connectivity index (χ0) is 39.7. The summed E-state index contributed by atoms with van der Waals surface area (Å²) in [5, 5.41) is 3.79. The average Bonchev–Trinajstić information content (AvgIpc) is 3.10. The van der Waals surface area contributed by atoms with Gasteiger partial charge in [-0.3, -0.25) is 0 Å². The highest BCUT2D eigenvalue weighted by atomic mass is 32.2. The predicted molar refractivity (Wildman–Crippen MR) is 199 cm³/mol. The van der Waals surface area contributed by atoms with Crippen molar-refractivity contribution in [2.75, 3.05) is 29.0 Å². The number of halogens is 4. The van der Waals surface area contributed by atoms with E-state index in [-0.39, 0.29) is 40.5 Å². The first-order valence-electron chi connectivity index (χ1n) is 17.1. The Morgan fingerprint density at radius 2 is 1.69 bits per heavy atom. The number of rotatable bonds is 9. The number of sulfonamides is 1. The van der Waals surface area contributed by atoms with Crippen LogP contribution in [0.4, 0.5) is 39.7 Å². The van der Waals surface area contributed by atoms with E-state index < -0.39 is 33.6 Å². The Kier molecular flexibility index (Phi) is 10.8. The average molecular weight is 783 g/mol. The first kappa shape index (κ1) is 39.0. The molecule has 0 radical (unpaired) electrons. The molecule has 1 unspecified atom stereocenters. The third-order valence-corrected chi connectivity index (χ3v) is 9.47. The minimum Gasteiger partial charge on any atom is -0.444 e. The summed E-state index contributed by atoms with van der Waals surface area (Å²) in [5.41, 5.74) is 0.452. The van der Waals surface area contributed by atoms with Crippen LogP contribution in [0.2, 0.25) is 0 Å². The second-order valence-corrected chi connectivity index (χ2v) is 15.7. The molecular weight excluding hydrogens is 745 g/mol. The van der Waals surface area contributed by atoms with Gasteiger partial charge in [-0.05, 0) is 101 Å². The van der Waals surface area contributed by atoms with Gasteiger partial charge in [-0.2, -0.15) is 0 Å². The summed E-state index contributed by atoms with van der Waals surface area (Å²) < 4.78 is 97.2. The van der Waals surface area contributed by atoms with E-state index in [9.17, 15) is 26.4 Å². The SMILES string of the molecule is Cc1ccc2c(N(c3ccc(OC(F)(F)F)cc3)S(C)(=O)=O)c(F)ccc2c1Oc1ncccc1-c1ccnc(NC2CCCN(C(=O)OC(C)(C)C)C2)n1. The molecule has 2 aromatic heterocycles. The summed E-state index contributed by atoms with van der Waals surface area (Å²) in [4.78, 5) is 27.9. The van der Waals surface area contributed by atoms with Crippen molar-refractivity contribution in [3.05, 3.63) is 90.5 Å². The number of hydrogen-bond acceptors (Lipinski definition) is 10. The Bertz CT molecular complexity index is 2320. The molecule has 12 nitrogen and oxygen atoms in total. The summed E-state index contributed by atoms with van der Waals surface area (Å²) in [6, 6.07) is 14.7. The Morgan fingerprint density at radius 3 is 2.38 bits per heavy atom. The molecule has 0 aliphatic carbocycles. The molecule has 6 rings (SSSR count). The van der Waals surface area contributed by atoms with Gasteiger partial charge in [0.1, 0.15) is 28.6 Å². The number of fused-ring (bicyclic) bond motifs is 1. The van der Waals surface area contributed by atoms with Crippen molar-refractivity contribution in [1.82, 2.24) is 19.9 Å². The molecule has 0 bridgehead atoms. The lowest BCUT2D eigenvalue weighted by atomic mass is 10.0. The van der Waals surface area contributed by atoms with Gasteiger partial charge in [0.15, 0.2) is 0 Å². The van der Waals surface area contributed by atoms with Gasteiger partial charge in [-0.25, -0.2) is 36.9 Å². The molecular formula is C38H38F4N6O6S. The number of benzene rings is 3. The first-order valence-corrected chi connectivity index (χ1v) is 19.0.